The van der Waals surface area contributed by atoms with Gasteiger partial charge in [-0.05, 0) is 18.6 Å². The Bertz CT molecular complexity index is 909. The second-order valence-corrected chi connectivity index (χ2v) is 7.64. The lowest BCUT2D eigenvalue weighted by molar-refractivity contribution is 0.0376. The second kappa shape index (κ2) is 8.35. The molecule has 1 aliphatic heterocycles. The maximum atomic E-state index is 12.9. The number of amides is 1. The highest BCUT2D eigenvalue weighted by Crippen LogP contribution is 2.33. The van der Waals surface area contributed by atoms with Crippen LogP contribution in [0.1, 0.15) is 17.0 Å². The summed E-state index contributed by atoms with van der Waals surface area (Å²) in [4.78, 5) is 21.5. The van der Waals surface area contributed by atoms with Gasteiger partial charge in [-0.1, -0.05) is 34.2 Å². The van der Waals surface area contributed by atoms with Gasteiger partial charge in [-0.15, -0.1) is 0 Å². The SMILES string of the molecule is O=C(c1ccno1)N(CCCN1CCOCC1)c1nc2c(Cl)cccc2s1. The number of fused-ring (bicyclic) bond motifs is 1. The molecule has 7 nitrogen and oxygen atoms in total. The first kappa shape index (κ1) is 18.4. The van der Waals surface area contributed by atoms with Gasteiger partial charge < -0.3 is 9.26 Å². The van der Waals surface area contributed by atoms with Crippen LogP contribution in [0.5, 0.6) is 0 Å². The monoisotopic (exact) mass is 406 g/mol. The standard InChI is InChI=1S/C18H19ClN4O3S/c19-13-3-1-4-15-16(13)21-18(27-15)23(17(24)14-5-6-20-26-14)8-2-7-22-9-11-25-12-10-22/h1,3-6H,2,7-12H2. The van der Waals surface area contributed by atoms with Crippen molar-refractivity contribution >= 4 is 44.2 Å². The third-order valence-corrected chi connectivity index (χ3v) is 5.79. The molecule has 1 amide bonds. The summed E-state index contributed by atoms with van der Waals surface area (Å²) in [6.45, 7) is 4.80. The van der Waals surface area contributed by atoms with Crippen LogP contribution in [0, 0.1) is 0 Å². The summed E-state index contributed by atoms with van der Waals surface area (Å²) in [5.74, 6) is -0.0450. The number of nitrogens with zero attached hydrogens (tertiary/aromatic N) is 4. The van der Waals surface area contributed by atoms with E-state index in [2.05, 4.69) is 15.0 Å². The third kappa shape index (κ3) is 4.14. The van der Waals surface area contributed by atoms with Crippen molar-refractivity contribution in [2.45, 2.75) is 6.42 Å². The molecule has 0 aliphatic carbocycles. The van der Waals surface area contributed by atoms with E-state index in [0.29, 0.717) is 22.2 Å². The lowest BCUT2D eigenvalue weighted by Crippen LogP contribution is -2.39. The lowest BCUT2D eigenvalue weighted by Gasteiger charge is -2.27. The number of benzene rings is 1. The Hall–Kier alpha value is -2.00. The summed E-state index contributed by atoms with van der Waals surface area (Å²) in [5.41, 5.74) is 0.711. The fourth-order valence-electron chi connectivity index (χ4n) is 3.04. The first-order valence-corrected chi connectivity index (χ1v) is 9.99. The summed E-state index contributed by atoms with van der Waals surface area (Å²) < 4.78 is 11.4. The van der Waals surface area contributed by atoms with Gasteiger partial charge in [-0.2, -0.15) is 0 Å². The molecule has 0 N–H and O–H groups in total. The number of ether oxygens (including phenoxy) is 1. The van der Waals surface area contributed by atoms with Crippen LogP contribution in [0.2, 0.25) is 5.02 Å². The molecule has 0 bridgehead atoms. The van der Waals surface area contributed by atoms with Crippen molar-refractivity contribution in [2.24, 2.45) is 0 Å². The normalized spacial score (nSPS) is 15.3. The molecule has 3 heterocycles. The molecule has 0 radical (unpaired) electrons. The maximum Gasteiger partial charge on any atom is 0.298 e. The largest absolute Gasteiger partial charge is 0.379 e. The van der Waals surface area contributed by atoms with Crippen LogP contribution >= 0.6 is 22.9 Å². The average molecular weight is 407 g/mol. The highest BCUT2D eigenvalue weighted by molar-refractivity contribution is 7.22. The molecular weight excluding hydrogens is 388 g/mol. The van der Waals surface area contributed by atoms with Crippen LogP contribution in [-0.4, -0.2) is 60.3 Å². The zero-order valence-electron chi connectivity index (χ0n) is 14.6. The smallest absolute Gasteiger partial charge is 0.298 e. The first-order chi connectivity index (χ1) is 13.2. The van der Waals surface area contributed by atoms with Gasteiger partial charge >= 0.3 is 0 Å². The molecule has 1 saturated heterocycles. The Labute approximate surface area is 165 Å². The number of hydrogen-bond donors (Lipinski definition) is 0. The van der Waals surface area contributed by atoms with E-state index in [1.807, 2.05) is 12.1 Å². The minimum Gasteiger partial charge on any atom is -0.379 e. The van der Waals surface area contributed by atoms with E-state index >= 15 is 0 Å². The van der Waals surface area contributed by atoms with E-state index in [1.54, 1.807) is 17.0 Å². The van der Waals surface area contributed by atoms with Gasteiger partial charge in [0.25, 0.3) is 5.91 Å². The maximum absolute atomic E-state index is 12.9. The highest BCUT2D eigenvalue weighted by Gasteiger charge is 2.24. The molecule has 2 aromatic heterocycles. The first-order valence-electron chi connectivity index (χ1n) is 8.80. The topological polar surface area (TPSA) is 71.7 Å². The van der Waals surface area contributed by atoms with Crippen molar-refractivity contribution < 1.29 is 14.1 Å². The molecule has 4 rings (SSSR count). The van der Waals surface area contributed by atoms with Crippen molar-refractivity contribution in [3.63, 3.8) is 0 Å². The quantitative estimate of drug-likeness (QED) is 0.625. The summed E-state index contributed by atoms with van der Waals surface area (Å²) in [6.07, 6.45) is 2.29. The molecular formula is C18H19ClN4O3S. The summed E-state index contributed by atoms with van der Waals surface area (Å²) in [5, 5.41) is 4.84. The van der Waals surface area contributed by atoms with Crippen molar-refractivity contribution in [1.29, 1.82) is 0 Å². The molecule has 3 aromatic rings. The Morgan fingerprint density at radius 1 is 1.30 bits per heavy atom. The number of hydrogen-bond acceptors (Lipinski definition) is 7. The van der Waals surface area contributed by atoms with Crippen LogP contribution in [0.25, 0.3) is 10.2 Å². The number of morpholine rings is 1. The minimum atomic E-state index is -0.246. The summed E-state index contributed by atoms with van der Waals surface area (Å²) >= 11 is 7.70. The summed E-state index contributed by atoms with van der Waals surface area (Å²) in [7, 11) is 0. The number of carbonyl (C=O) groups excluding carboxylic acids is 1. The van der Waals surface area contributed by atoms with E-state index < -0.39 is 0 Å². The van der Waals surface area contributed by atoms with Gasteiger partial charge in [0.2, 0.25) is 5.76 Å². The van der Waals surface area contributed by atoms with Crippen LogP contribution in [0.15, 0.2) is 35.0 Å². The van der Waals surface area contributed by atoms with Crippen molar-refractivity contribution in [3.05, 3.63) is 41.2 Å². The van der Waals surface area contributed by atoms with E-state index in [0.717, 1.165) is 44.0 Å². The third-order valence-electron chi connectivity index (χ3n) is 4.44. The van der Waals surface area contributed by atoms with E-state index in [-0.39, 0.29) is 11.7 Å². The van der Waals surface area contributed by atoms with Crippen molar-refractivity contribution in [2.75, 3.05) is 44.3 Å². The average Bonchev–Trinajstić information content (AvgIpc) is 3.36. The number of rotatable bonds is 6. The molecule has 9 heteroatoms. The molecule has 0 atom stereocenters. The van der Waals surface area contributed by atoms with E-state index in [9.17, 15) is 4.79 Å². The zero-order valence-corrected chi connectivity index (χ0v) is 16.2. The van der Waals surface area contributed by atoms with Gasteiger partial charge in [0.15, 0.2) is 5.13 Å². The van der Waals surface area contributed by atoms with E-state index in [4.69, 9.17) is 20.9 Å². The predicted molar refractivity (Wildman–Crippen MR) is 105 cm³/mol. The number of aromatic nitrogens is 2. The number of anilines is 1. The van der Waals surface area contributed by atoms with Gasteiger partial charge in [-0.3, -0.25) is 14.6 Å². The minimum absolute atomic E-state index is 0.201. The Morgan fingerprint density at radius 2 is 2.15 bits per heavy atom. The fraction of sp³-hybridized carbons (Fsp3) is 0.389. The number of halogens is 1. The van der Waals surface area contributed by atoms with Gasteiger partial charge in [0, 0.05) is 32.2 Å². The molecule has 142 valence electrons. The molecule has 27 heavy (non-hydrogen) atoms. The molecule has 0 spiro atoms. The molecule has 1 fully saturated rings. The zero-order chi connectivity index (χ0) is 18.6. The molecule has 0 saturated carbocycles. The summed E-state index contributed by atoms with van der Waals surface area (Å²) in [6, 6.07) is 7.20. The highest BCUT2D eigenvalue weighted by atomic mass is 35.5. The van der Waals surface area contributed by atoms with Crippen LogP contribution in [0.4, 0.5) is 5.13 Å². The predicted octanol–water partition coefficient (Wildman–Crippen LogP) is 3.31. The molecule has 1 aliphatic rings. The van der Waals surface area contributed by atoms with Crippen LogP contribution in [-0.2, 0) is 4.74 Å². The fourth-order valence-corrected chi connectivity index (χ4v) is 4.33. The Balaban J connectivity index is 1.55. The lowest BCUT2D eigenvalue weighted by atomic mass is 10.3. The number of carbonyl (C=O) groups is 1. The van der Waals surface area contributed by atoms with Gasteiger partial charge in [-0.25, -0.2) is 4.98 Å². The molecule has 0 unspecified atom stereocenters. The van der Waals surface area contributed by atoms with Crippen LogP contribution < -0.4 is 4.90 Å². The van der Waals surface area contributed by atoms with Gasteiger partial charge in [0.05, 0.1) is 29.1 Å². The Kier molecular flexibility index (Phi) is 5.68. The Morgan fingerprint density at radius 3 is 2.89 bits per heavy atom. The molecule has 1 aromatic carbocycles. The number of para-hydroxylation sites is 1. The van der Waals surface area contributed by atoms with E-state index in [1.165, 1.54) is 17.5 Å². The van der Waals surface area contributed by atoms with Crippen molar-refractivity contribution in [3.8, 4) is 0 Å². The van der Waals surface area contributed by atoms with Crippen molar-refractivity contribution in [1.82, 2.24) is 15.0 Å². The van der Waals surface area contributed by atoms with Crippen LogP contribution in [0.3, 0.4) is 0 Å². The van der Waals surface area contributed by atoms with Gasteiger partial charge in [0.1, 0.15) is 5.52 Å². The second-order valence-electron chi connectivity index (χ2n) is 6.22. The number of thiazole rings is 1.